The van der Waals surface area contributed by atoms with Gasteiger partial charge in [-0.05, 0) is 31.5 Å². The molecular weight excluding hydrogens is 310 g/mol. The van der Waals surface area contributed by atoms with Crippen LogP contribution >= 0.6 is 11.8 Å². The number of carbonyl (C=O) groups excluding carboxylic acids is 2. The van der Waals surface area contributed by atoms with E-state index in [2.05, 4.69) is 19.2 Å². The van der Waals surface area contributed by atoms with Crippen LogP contribution in [0.1, 0.15) is 33.3 Å². The molecule has 0 radical (unpaired) electrons. The summed E-state index contributed by atoms with van der Waals surface area (Å²) in [5.41, 5.74) is 6.26. The van der Waals surface area contributed by atoms with Crippen molar-refractivity contribution < 1.29 is 9.59 Å². The Labute approximate surface area is 142 Å². The van der Waals surface area contributed by atoms with E-state index in [1.165, 1.54) is 0 Å². The molecule has 1 heterocycles. The molecule has 1 aliphatic rings. The largest absolute Gasteiger partial charge is 0.369 e. The van der Waals surface area contributed by atoms with Crippen LogP contribution in [0.15, 0.2) is 24.3 Å². The van der Waals surface area contributed by atoms with Gasteiger partial charge in [0.2, 0.25) is 5.91 Å². The van der Waals surface area contributed by atoms with Crippen molar-refractivity contribution in [2.75, 3.05) is 18.4 Å². The lowest BCUT2D eigenvalue weighted by Crippen LogP contribution is -2.46. The summed E-state index contributed by atoms with van der Waals surface area (Å²) < 4.78 is 0. The van der Waals surface area contributed by atoms with Gasteiger partial charge in [0.25, 0.3) is 0 Å². The zero-order valence-corrected chi connectivity index (χ0v) is 14.9. The van der Waals surface area contributed by atoms with Crippen molar-refractivity contribution in [3.63, 3.8) is 0 Å². The maximum atomic E-state index is 12.4. The molecule has 23 heavy (non-hydrogen) atoms. The van der Waals surface area contributed by atoms with E-state index in [-0.39, 0.29) is 11.9 Å². The van der Waals surface area contributed by atoms with Gasteiger partial charge in [-0.15, -0.1) is 0 Å². The highest BCUT2D eigenvalue weighted by Crippen LogP contribution is 2.26. The van der Waals surface area contributed by atoms with Gasteiger partial charge in [0.15, 0.2) is 0 Å². The maximum absolute atomic E-state index is 12.4. The van der Waals surface area contributed by atoms with Crippen LogP contribution < -0.4 is 11.1 Å². The molecule has 0 bridgehead atoms. The normalized spacial score (nSPS) is 21.8. The minimum Gasteiger partial charge on any atom is -0.369 e. The molecule has 0 spiro atoms. The minimum absolute atomic E-state index is 0.0779. The second-order valence-electron chi connectivity index (χ2n) is 6.66. The average molecular weight is 335 g/mol. The number of rotatable bonds is 3. The number of nitrogens with one attached hydrogen (secondary N) is 1. The summed E-state index contributed by atoms with van der Waals surface area (Å²) in [5.74, 6) is -0.372. The van der Waals surface area contributed by atoms with Gasteiger partial charge in [-0.2, -0.15) is 11.8 Å². The van der Waals surface area contributed by atoms with Gasteiger partial charge in [0.1, 0.15) is 0 Å². The number of amides is 3. The monoisotopic (exact) mass is 335 g/mol. The lowest BCUT2D eigenvalue weighted by atomic mass is 9.84. The van der Waals surface area contributed by atoms with Gasteiger partial charge in [0, 0.05) is 29.3 Å². The number of nitrogens with zero attached hydrogens (tertiary/aromatic N) is 1. The SMILES string of the molecule is C[C@@H]1CN(C(=O)Nc2ccc(C(C)(C)C(N)=O)cc2)C[C@@H](C)S1. The molecule has 0 unspecified atom stereocenters. The van der Waals surface area contributed by atoms with Crippen molar-refractivity contribution in [2.45, 2.75) is 43.6 Å². The van der Waals surface area contributed by atoms with Crippen molar-refractivity contribution in [2.24, 2.45) is 5.73 Å². The summed E-state index contributed by atoms with van der Waals surface area (Å²) in [6, 6.07) is 7.20. The fourth-order valence-corrected chi connectivity index (χ4v) is 3.98. The Balaban J connectivity index is 2.03. The second kappa shape index (κ2) is 6.83. The molecule has 1 aromatic rings. The first-order chi connectivity index (χ1) is 10.7. The molecule has 3 N–H and O–H groups in total. The van der Waals surface area contributed by atoms with Gasteiger partial charge >= 0.3 is 6.03 Å². The van der Waals surface area contributed by atoms with Gasteiger partial charge in [-0.3, -0.25) is 4.79 Å². The van der Waals surface area contributed by atoms with Gasteiger partial charge in [0.05, 0.1) is 5.41 Å². The number of nitrogens with two attached hydrogens (primary N) is 1. The average Bonchev–Trinajstić information content (AvgIpc) is 2.46. The van der Waals surface area contributed by atoms with E-state index in [4.69, 9.17) is 5.73 Å². The van der Waals surface area contributed by atoms with Crippen LogP contribution in [0.4, 0.5) is 10.5 Å². The number of anilines is 1. The number of thioether (sulfide) groups is 1. The number of hydrogen-bond acceptors (Lipinski definition) is 3. The van der Waals surface area contributed by atoms with Gasteiger partial charge in [-0.1, -0.05) is 26.0 Å². The van der Waals surface area contributed by atoms with E-state index in [1.54, 1.807) is 13.8 Å². The predicted octanol–water partition coefficient (Wildman–Crippen LogP) is 2.81. The van der Waals surface area contributed by atoms with Gasteiger partial charge < -0.3 is 16.0 Å². The van der Waals surface area contributed by atoms with Crippen LogP contribution in [0.2, 0.25) is 0 Å². The lowest BCUT2D eigenvalue weighted by molar-refractivity contribution is -0.122. The third-order valence-corrected chi connectivity index (χ3v) is 5.41. The number of carbonyl (C=O) groups is 2. The highest BCUT2D eigenvalue weighted by Gasteiger charge is 2.28. The Morgan fingerprint density at radius 3 is 2.17 bits per heavy atom. The Bertz CT molecular complexity index is 576. The lowest BCUT2D eigenvalue weighted by Gasteiger charge is -2.34. The Morgan fingerprint density at radius 1 is 1.17 bits per heavy atom. The molecule has 1 fully saturated rings. The predicted molar refractivity (Wildman–Crippen MR) is 95.8 cm³/mol. The van der Waals surface area contributed by atoms with Crippen molar-refractivity contribution in [3.8, 4) is 0 Å². The van der Waals surface area contributed by atoms with E-state index in [0.29, 0.717) is 10.5 Å². The van der Waals surface area contributed by atoms with E-state index in [9.17, 15) is 9.59 Å². The molecule has 0 aliphatic carbocycles. The van der Waals surface area contributed by atoms with Crippen molar-refractivity contribution >= 4 is 29.4 Å². The van der Waals surface area contributed by atoms with Crippen molar-refractivity contribution in [3.05, 3.63) is 29.8 Å². The number of hydrogen-bond donors (Lipinski definition) is 2. The third kappa shape index (κ3) is 4.19. The molecule has 2 atom stereocenters. The molecule has 0 aromatic heterocycles. The summed E-state index contributed by atoms with van der Waals surface area (Å²) in [6.07, 6.45) is 0. The molecule has 1 aliphatic heterocycles. The molecule has 1 aromatic carbocycles. The van der Waals surface area contributed by atoms with E-state index in [0.717, 1.165) is 24.3 Å². The first-order valence-electron chi connectivity index (χ1n) is 7.82. The topological polar surface area (TPSA) is 75.4 Å². The van der Waals surface area contributed by atoms with Crippen LogP contribution in [0.25, 0.3) is 0 Å². The summed E-state index contributed by atoms with van der Waals surface area (Å²) in [5, 5.41) is 3.82. The molecule has 6 heteroatoms. The highest BCUT2D eigenvalue weighted by molar-refractivity contribution is 8.00. The first-order valence-corrected chi connectivity index (χ1v) is 8.76. The zero-order chi connectivity index (χ0) is 17.2. The van der Waals surface area contributed by atoms with E-state index >= 15 is 0 Å². The molecule has 5 nitrogen and oxygen atoms in total. The van der Waals surface area contributed by atoms with Crippen LogP contribution in [-0.4, -0.2) is 40.4 Å². The number of benzene rings is 1. The molecule has 0 saturated carbocycles. The van der Waals surface area contributed by atoms with Crippen LogP contribution in [0.5, 0.6) is 0 Å². The Kier molecular flexibility index (Phi) is 5.24. The summed E-state index contributed by atoms with van der Waals surface area (Å²) in [7, 11) is 0. The molecule has 1 saturated heterocycles. The smallest absolute Gasteiger partial charge is 0.321 e. The zero-order valence-electron chi connectivity index (χ0n) is 14.1. The van der Waals surface area contributed by atoms with Crippen molar-refractivity contribution in [1.29, 1.82) is 0 Å². The van der Waals surface area contributed by atoms with Gasteiger partial charge in [-0.25, -0.2) is 4.79 Å². The van der Waals surface area contributed by atoms with Crippen molar-refractivity contribution in [1.82, 2.24) is 4.90 Å². The summed E-state index contributed by atoms with van der Waals surface area (Å²) in [6.45, 7) is 9.37. The number of primary amides is 1. The molecule has 126 valence electrons. The Morgan fingerprint density at radius 2 is 1.70 bits per heavy atom. The fourth-order valence-electron chi connectivity index (χ4n) is 2.66. The first kappa shape index (κ1) is 17.7. The van der Waals surface area contributed by atoms with Crippen LogP contribution in [0.3, 0.4) is 0 Å². The van der Waals surface area contributed by atoms with E-state index < -0.39 is 5.41 Å². The number of urea groups is 1. The quantitative estimate of drug-likeness (QED) is 0.892. The molecular formula is C17H25N3O2S. The third-order valence-electron chi connectivity index (χ3n) is 4.18. The standard InChI is InChI=1S/C17H25N3O2S/c1-11-9-20(10-12(2)23-11)16(22)19-14-7-5-13(6-8-14)17(3,4)15(18)21/h5-8,11-12H,9-10H2,1-4H3,(H2,18,21)(H,19,22)/t11-,12-/m1/s1. The van der Waals surface area contributed by atoms with Crippen LogP contribution in [-0.2, 0) is 10.2 Å². The van der Waals surface area contributed by atoms with E-state index in [1.807, 2.05) is 40.9 Å². The summed E-state index contributed by atoms with van der Waals surface area (Å²) >= 11 is 1.91. The Hall–Kier alpha value is -1.69. The highest BCUT2D eigenvalue weighted by atomic mass is 32.2. The summed E-state index contributed by atoms with van der Waals surface area (Å²) in [4.78, 5) is 25.7. The molecule has 3 amide bonds. The fraction of sp³-hybridized carbons (Fsp3) is 0.529. The maximum Gasteiger partial charge on any atom is 0.321 e. The van der Waals surface area contributed by atoms with Crippen LogP contribution in [0, 0.1) is 0 Å². The minimum atomic E-state index is -0.725. The second-order valence-corrected chi connectivity index (χ2v) is 8.54. The molecule has 2 rings (SSSR count).